The van der Waals surface area contributed by atoms with Crippen molar-refractivity contribution in [1.82, 2.24) is 5.43 Å². The lowest BCUT2D eigenvalue weighted by Crippen LogP contribution is -2.29. The van der Waals surface area contributed by atoms with Gasteiger partial charge in [-0.25, -0.2) is 5.43 Å². The minimum absolute atomic E-state index is 0.200. The molecule has 0 aliphatic rings. The molecule has 2 aromatic rings. The van der Waals surface area contributed by atoms with E-state index in [4.69, 9.17) is 29.0 Å². The highest BCUT2D eigenvalue weighted by molar-refractivity contribution is 9.10. The van der Waals surface area contributed by atoms with Crippen LogP contribution in [0.15, 0.2) is 46.9 Å². The van der Waals surface area contributed by atoms with Gasteiger partial charge in [-0.2, -0.15) is 0 Å². The molecule has 2 rings (SSSR count). The highest BCUT2D eigenvalue weighted by atomic mass is 79.9. The van der Waals surface area contributed by atoms with E-state index in [0.717, 1.165) is 15.6 Å². The quantitative estimate of drug-likeness (QED) is 0.642. The summed E-state index contributed by atoms with van der Waals surface area (Å²) in [5, 5.41) is 1.31. The predicted molar refractivity (Wildman–Crippen MR) is 79.8 cm³/mol. The first kappa shape index (κ1) is 13.8. The summed E-state index contributed by atoms with van der Waals surface area (Å²) in [5.41, 5.74) is 4.63. The van der Waals surface area contributed by atoms with Crippen LogP contribution in [0, 0.1) is 0 Å². The molecule has 18 heavy (non-hydrogen) atoms. The Morgan fingerprint density at radius 1 is 1.11 bits per heavy atom. The van der Waals surface area contributed by atoms with E-state index in [1.54, 1.807) is 0 Å². The van der Waals surface area contributed by atoms with E-state index in [-0.39, 0.29) is 6.04 Å². The van der Waals surface area contributed by atoms with Gasteiger partial charge in [-0.3, -0.25) is 5.84 Å². The van der Waals surface area contributed by atoms with E-state index in [1.807, 2.05) is 42.5 Å². The predicted octanol–water partition coefficient (Wildman–Crippen LogP) is 4.31. The Bertz CT molecular complexity index is 540. The number of hydrogen-bond donors (Lipinski definition) is 2. The number of halogens is 3. The van der Waals surface area contributed by atoms with Crippen LogP contribution in [0.2, 0.25) is 10.0 Å². The Morgan fingerprint density at radius 2 is 1.83 bits per heavy atom. The van der Waals surface area contributed by atoms with Crippen molar-refractivity contribution in [3.05, 3.63) is 68.1 Å². The smallest absolute Gasteiger partial charge is 0.0725 e. The van der Waals surface area contributed by atoms with E-state index < -0.39 is 0 Å². The van der Waals surface area contributed by atoms with Crippen LogP contribution in [-0.4, -0.2) is 0 Å². The van der Waals surface area contributed by atoms with E-state index in [0.29, 0.717) is 10.0 Å². The fraction of sp³-hybridized carbons (Fsp3) is 0.0769. The maximum Gasteiger partial charge on any atom is 0.0725 e. The largest absolute Gasteiger partial charge is 0.271 e. The summed E-state index contributed by atoms with van der Waals surface area (Å²) in [6.07, 6.45) is 0. The summed E-state index contributed by atoms with van der Waals surface area (Å²) in [5.74, 6) is 5.64. The Kier molecular flexibility index (Phi) is 4.65. The average Bonchev–Trinajstić information content (AvgIpc) is 2.31. The first-order valence-electron chi connectivity index (χ1n) is 5.28. The molecule has 5 heteroatoms. The van der Waals surface area contributed by atoms with Crippen molar-refractivity contribution >= 4 is 39.1 Å². The van der Waals surface area contributed by atoms with Gasteiger partial charge in [-0.1, -0.05) is 57.3 Å². The van der Waals surface area contributed by atoms with Gasteiger partial charge in [0.15, 0.2) is 0 Å². The van der Waals surface area contributed by atoms with Gasteiger partial charge < -0.3 is 0 Å². The highest BCUT2D eigenvalue weighted by Gasteiger charge is 2.16. The molecule has 0 bridgehead atoms. The zero-order valence-corrected chi connectivity index (χ0v) is 12.4. The van der Waals surface area contributed by atoms with E-state index in [9.17, 15) is 0 Å². The molecule has 1 unspecified atom stereocenters. The summed E-state index contributed by atoms with van der Waals surface area (Å²) < 4.78 is 0.900. The SMILES string of the molecule is NNC(c1cc(Cl)cc(Br)c1)c1ccccc1Cl. The van der Waals surface area contributed by atoms with Crippen LogP contribution in [0.25, 0.3) is 0 Å². The molecule has 0 radical (unpaired) electrons. The molecule has 0 aliphatic heterocycles. The number of benzene rings is 2. The van der Waals surface area contributed by atoms with Crippen molar-refractivity contribution in [1.29, 1.82) is 0 Å². The van der Waals surface area contributed by atoms with Gasteiger partial charge in [0.25, 0.3) is 0 Å². The van der Waals surface area contributed by atoms with Gasteiger partial charge in [0.1, 0.15) is 0 Å². The van der Waals surface area contributed by atoms with Crippen LogP contribution >= 0.6 is 39.1 Å². The molecule has 0 spiro atoms. The molecule has 0 aliphatic carbocycles. The van der Waals surface area contributed by atoms with E-state index in [1.165, 1.54) is 0 Å². The summed E-state index contributed by atoms with van der Waals surface area (Å²) in [4.78, 5) is 0. The van der Waals surface area contributed by atoms with Gasteiger partial charge in [0.05, 0.1) is 6.04 Å². The minimum Gasteiger partial charge on any atom is -0.271 e. The molecular weight excluding hydrogens is 335 g/mol. The molecule has 3 N–H and O–H groups in total. The van der Waals surface area contributed by atoms with Gasteiger partial charge in [-0.15, -0.1) is 0 Å². The van der Waals surface area contributed by atoms with Gasteiger partial charge in [0.2, 0.25) is 0 Å². The molecule has 0 fully saturated rings. The van der Waals surface area contributed by atoms with Crippen molar-refractivity contribution < 1.29 is 0 Å². The maximum atomic E-state index is 6.19. The summed E-state index contributed by atoms with van der Waals surface area (Å²) in [6, 6.07) is 13.0. The number of rotatable bonds is 3. The van der Waals surface area contributed by atoms with Crippen LogP contribution in [0.3, 0.4) is 0 Å². The maximum absolute atomic E-state index is 6.19. The molecule has 0 aromatic heterocycles. The van der Waals surface area contributed by atoms with Crippen molar-refractivity contribution in [2.24, 2.45) is 5.84 Å². The third kappa shape index (κ3) is 3.05. The molecule has 0 heterocycles. The van der Waals surface area contributed by atoms with Crippen molar-refractivity contribution in [2.75, 3.05) is 0 Å². The second kappa shape index (κ2) is 6.04. The molecule has 2 aromatic carbocycles. The molecular formula is C13H11BrCl2N2. The molecule has 2 nitrogen and oxygen atoms in total. The average molecular weight is 346 g/mol. The van der Waals surface area contributed by atoms with E-state index >= 15 is 0 Å². The van der Waals surface area contributed by atoms with E-state index in [2.05, 4.69) is 21.4 Å². The second-order valence-corrected chi connectivity index (χ2v) is 5.58. The summed E-state index contributed by atoms with van der Waals surface area (Å²) >= 11 is 15.6. The summed E-state index contributed by atoms with van der Waals surface area (Å²) in [6.45, 7) is 0. The number of nitrogens with two attached hydrogens (primary N) is 1. The Balaban J connectivity index is 2.48. The normalized spacial score (nSPS) is 12.4. The van der Waals surface area contributed by atoms with Gasteiger partial charge in [0, 0.05) is 14.5 Å². The van der Waals surface area contributed by atoms with Crippen LogP contribution in [0.4, 0.5) is 0 Å². The van der Waals surface area contributed by atoms with Crippen molar-refractivity contribution in [3.63, 3.8) is 0 Å². The van der Waals surface area contributed by atoms with Gasteiger partial charge >= 0.3 is 0 Å². The monoisotopic (exact) mass is 344 g/mol. The van der Waals surface area contributed by atoms with Crippen LogP contribution in [0.1, 0.15) is 17.2 Å². The number of hydrazine groups is 1. The topological polar surface area (TPSA) is 38.0 Å². The molecule has 0 saturated carbocycles. The lowest BCUT2D eigenvalue weighted by Gasteiger charge is -2.18. The van der Waals surface area contributed by atoms with Crippen LogP contribution in [0.5, 0.6) is 0 Å². The van der Waals surface area contributed by atoms with Crippen LogP contribution < -0.4 is 11.3 Å². The van der Waals surface area contributed by atoms with Crippen molar-refractivity contribution in [3.8, 4) is 0 Å². The highest BCUT2D eigenvalue weighted by Crippen LogP contribution is 2.30. The molecule has 0 amide bonds. The zero-order chi connectivity index (χ0) is 13.1. The fourth-order valence-corrected chi connectivity index (χ4v) is 2.95. The third-order valence-corrected chi connectivity index (χ3v) is 3.62. The van der Waals surface area contributed by atoms with Crippen LogP contribution in [-0.2, 0) is 0 Å². The minimum atomic E-state index is -0.200. The number of nitrogens with one attached hydrogen (secondary N) is 1. The lowest BCUT2D eigenvalue weighted by atomic mass is 9.99. The number of hydrogen-bond acceptors (Lipinski definition) is 2. The standard InChI is InChI=1S/C13H11BrCl2N2/c14-9-5-8(6-10(15)7-9)13(18-17)11-3-1-2-4-12(11)16/h1-7,13,18H,17H2. The summed E-state index contributed by atoms with van der Waals surface area (Å²) in [7, 11) is 0. The second-order valence-electron chi connectivity index (χ2n) is 3.82. The fourth-order valence-electron chi connectivity index (χ4n) is 1.82. The Labute approximate surface area is 124 Å². The zero-order valence-electron chi connectivity index (χ0n) is 9.33. The third-order valence-electron chi connectivity index (χ3n) is 2.60. The molecule has 1 atom stereocenters. The van der Waals surface area contributed by atoms with Crippen molar-refractivity contribution in [2.45, 2.75) is 6.04 Å². The Morgan fingerprint density at radius 3 is 2.44 bits per heavy atom. The lowest BCUT2D eigenvalue weighted by molar-refractivity contribution is 0.637. The Hall–Kier alpha value is -0.580. The van der Waals surface area contributed by atoms with Gasteiger partial charge in [-0.05, 0) is 35.4 Å². The first-order chi connectivity index (χ1) is 8.61. The molecule has 94 valence electrons. The first-order valence-corrected chi connectivity index (χ1v) is 6.83. The molecule has 0 saturated heterocycles.